The van der Waals surface area contributed by atoms with Gasteiger partial charge in [0.15, 0.2) is 0 Å². The van der Waals surface area contributed by atoms with E-state index in [1.165, 1.54) is 17.8 Å². The van der Waals surface area contributed by atoms with Crippen LogP contribution in [0.2, 0.25) is 0 Å². The lowest BCUT2D eigenvalue weighted by Gasteiger charge is -2.09. The Morgan fingerprint density at radius 2 is 1.75 bits per heavy atom. The molecule has 128 valence electrons. The summed E-state index contributed by atoms with van der Waals surface area (Å²) in [6, 6.07) is 13.7. The zero-order valence-electron chi connectivity index (χ0n) is 13.5. The average Bonchev–Trinajstić information content (AvgIpc) is 2.60. The fourth-order valence-electron chi connectivity index (χ4n) is 1.91. The van der Waals surface area contributed by atoms with Gasteiger partial charge in [-0.2, -0.15) is 0 Å². The van der Waals surface area contributed by atoms with E-state index in [4.69, 9.17) is 9.47 Å². The zero-order chi connectivity index (χ0) is 17.2. The number of benzene rings is 2. The van der Waals surface area contributed by atoms with Gasteiger partial charge in [0.05, 0.1) is 18.9 Å². The van der Waals surface area contributed by atoms with Gasteiger partial charge < -0.3 is 14.8 Å². The molecular formula is C18H20FNO3S. The minimum Gasteiger partial charge on any atom is -0.494 e. The van der Waals surface area contributed by atoms with Gasteiger partial charge in [-0.1, -0.05) is 12.1 Å². The number of carbonyl (C=O) groups is 1. The first-order chi connectivity index (χ1) is 11.7. The molecule has 2 aromatic carbocycles. The smallest absolute Gasteiger partial charge is 0.230 e. The Hall–Kier alpha value is -2.21. The Balaban J connectivity index is 1.63. The monoisotopic (exact) mass is 349 g/mol. The molecule has 0 unspecified atom stereocenters. The Labute approximate surface area is 145 Å². The molecule has 0 fully saturated rings. The molecule has 0 aliphatic carbocycles. The molecule has 0 saturated carbocycles. The maximum Gasteiger partial charge on any atom is 0.230 e. The summed E-state index contributed by atoms with van der Waals surface area (Å²) in [4.78, 5) is 12.2. The third-order valence-corrected chi connectivity index (χ3v) is 4.07. The molecule has 0 radical (unpaired) electrons. The highest BCUT2D eigenvalue weighted by Crippen LogP contribution is 2.20. The van der Waals surface area contributed by atoms with Crippen molar-refractivity contribution in [2.45, 2.75) is 11.8 Å². The van der Waals surface area contributed by atoms with Gasteiger partial charge in [0, 0.05) is 4.90 Å². The minimum atomic E-state index is -0.311. The maximum atomic E-state index is 13.4. The Morgan fingerprint density at radius 1 is 1.08 bits per heavy atom. The molecule has 0 aliphatic heterocycles. The molecule has 1 N–H and O–H groups in total. The molecule has 0 bridgehead atoms. The molecular weight excluding hydrogens is 329 g/mol. The first kappa shape index (κ1) is 18.1. The van der Waals surface area contributed by atoms with Crippen LogP contribution in [0.1, 0.15) is 6.92 Å². The number of ether oxygens (including phenoxy) is 2. The molecule has 2 aromatic rings. The van der Waals surface area contributed by atoms with E-state index in [0.29, 0.717) is 30.4 Å². The van der Waals surface area contributed by atoms with Gasteiger partial charge in [0.2, 0.25) is 5.91 Å². The standard InChI is InChI=1S/C18H20FNO3S/c1-2-22-14-7-9-15(10-8-14)23-12-11-20-18(21)13-24-17-6-4-3-5-16(17)19/h3-10H,2,11-13H2,1H3,(H,20,21). The molecule has 0 aliphatic rings. The van der Waals surface area contributed by atoms with Crippen molar-refractivity contribution >= 4 is 17.7 Å². The fourth-order valence-corrected chi connectivity index (χ4v) is 2.68. The molecule has 0 spiro atoms. The number of nitrogens with one attached hydrogen (secondary N) is 1. The Morgan fingerprint density at radius 3 is 2.42 bits per heavy atom. The first-order valence-electron chi connectivity index (χ1n) is 7.68. The molecule has 0 aromatic heterocycles. The SMILES string of the molecule is CCOc1ccc(OCCNC(=O)CSc2ccccc2F)cc1. The van der Waals surface area contributed by atoms with Crippen LogP contribution in [0.5, 0.6) is 11.5 Å². The van der Waals surface area contributed by atoms with E-state index in [9.17, 15) is 9.18 Å². The molecule has 0 atom stereocenters. The number of halogens is 1. The van der Waals surface area contributed by atoms with Crippen molar-refractivity contribution in [3.8, 4) is 11.5 Å². The highest BCUT2D eigenvalue weighted by molar-refractivity contribution is 8.00. The lowest BCUT2D eigenvalue weighted by atomic mass is 10.3. The van der Waals surface area contributed by atoms with Crippen molar-refractivity contribution < 1.29 is 18.7 Å². The number of amides is 1. The Bertz CT molecular complexity index is 649. The van der Waals surface area contributed by atoms with Crippen LogP contribution in [0.15, 0.2) is 53.4 Å². The fraction of sp³-hybridized carbons (Fsp3) is 0.278. The van der Waals surface area contributed by atoms with Crippen molar-refractivity contribution in [2.75, 3.05) is 25.5 Å². The number of hydrogen-bond donors (Lipinski definition) is 1. The quantitative estimate of drug-likeness (QED) is 0.556. The van der Waals surface area contributed by atoms with Crippen LogP contribution in [-0.2, 0) is 4.79 Å². The van der Waals surface area contributed by atoms with Gasteiger partial charge in [-0.3, -0.25) is 4.79 Å². The lowest BCUT2D eigenvalue weighted by molar-refractivity contribution is -0.118. The number of thioether (sulfide) groups is 1. The Kier molecular flexibility index (Phi) is 7.42. The second-order valence-corrected chi connectivity index (χ2v) is 5.84. The molecule has 1 amide bonds. The third kappa shape index (κ3) is 6.12. The predicted octanol–water partition coefficient (Wildman–Crippen LogP) is 3.51. The summed E-state index contributed by atoms with van der Waals surface area (Å²) in [5.74, 6) is 1.22. The summed E-state index contributed by atoms with van der Waals surface area (Å²) in [5, 5.41) is 2.74. The van der Waals surface area contributed by atoms with Crippen LogP contribution in [0.25, 0.3) is 0 Å². The largest absolute Gasteiger partial charge is 0.494 e. The second kappa shape index (κ2) is 9.82. The van der Waals surface area contributed by atoms with Crippen LogP contribution < -0.4 is 14.8 Å². The van der Waals surface area contributed by atoms with E-state index in [1.807, 2.05) is 31.2 Å². The van der Waals surface area contributed by atoms with E-state index in [1.54, 1.807) is 18.2 Å². The average molecular weight is 349 g/mol. The van der Waals surface area contributed by atoms with Gasteiger partial charge >= 0.3 is 0 Å². The van der Waals surface area contributed by atoms with Crippen LogP contribution >= 0.6 is 11.8 Å². The second-order valence-electron chi connectivity index (χ2n) is 4.82. The summed E-state index contributed by atoms with van der Waals surface area (Å²) in [7, 11) is 0. The minimum absolute atomic E-state index is 0.154. The first-order valence-corrected chi connectivity index (χ1v) is 8.67. The lowest BCUT2D eigenvalue weighted by Crippen LogP contribution is -2.29. The van der Waals surface area contributed by atoms with Gasteiger partial charge in [-0.05, 0) is 43.3 Å². The maximum absolute atomic E-state index is 13.4. The third-order valence-electron chi connectivity index (χ3n) is 3.02. The summed E-state index contributed by atoms with van der Waals surface area (Å²) in [6.45, 7) is 3.31. The predicted molar refractivity (Wildman–Crippen MR) is 93.2 cm³/mol. The molecule has 6 heteroatoms. The number of rotatable bonds is 9. The van der Waals surface area contributed by atoms with Gasteiger partial charge in [-0.25, -0.2) is 4.39 Å². The topological polar surface area (TPSA) is 47.6 Å². The highest BCUT2D eigenvalue weighted by atomic mass is 32.2. The van der Waals surface area contributed by atoms with E-state index in [-0.39, 0.29) is 17.5 Å². The zero-order valence-corrected chi connectivity index (χ0v) is 14.3. The van der Waals surface area contributed by atoms with Gasteiger partial charge in [0.25, 0.3) is 0 Å². The van der Waals surface area contributed by atoms with Crippen molar-refractivity contribution in [3.63, 3.8) is 0 Å². The van der Waals surface area contributed by atoms with Crippen LogP contribution in [0.3, 0.4) is 0 Å². The summed E-state index contributed by atoms with van der Waals surface area (Å²) in [5.41, 5.74) is 0. The summed E-state index contributed by atoms with van der Waals surface area (Å²) < 4.78 is 24.3. The molecule has 4 nitrogen and oxygen atoms in total. The summed E-state index contributed by atoms with van der Waals surface area (Å²) >= 11 is 1.17. The van der Waals surface area contributed by atoms with E-state index < -0.39 is 0 Å². The highest BCUT2D eigenvalue weighted by Gasteiger charge is 2.06. The van der Waals surface area contributed by atoms with E-state index in [0.717, 1.165) is 5.75 Å². The molecule has 2 rings (SSSR count). The van der Waals surface area contributed by atoms with Crippen molar-refractivity contribution in [1.29, 1.82) is 0 Å². The van der Waals surface area contributed by atoms with Crippen LogP contribution in [0.4, 0.5) is 4.39 Å². The molecule has 24 heavy (non-hydrogen) atoms. The van der Waals surface area contributed by atoms with E-state index in [2.05, 4.69) is 5.32 Å². The molecule has 0 heterocycles. The van der Waals surface area contributed by atoms with Crippen LogP contribution in [0, 0.1) is 5.82 Å². The van der Waals surface area contributed by atoms with E-state index >= 15 is 0 Å². The summed E-state index contributed by atoms with van der Waals surface area (Å²) in [6.07, 6.45) is 0. The normalized spacial score (nSPS) is 10.2. The number of carbonyl (C=O) groups excluding carboxylic acids is 1. The van der Waals surface area contributed by atoms with Crippen molar-refractivity contribution in [2.24, 2.45) is 0 Å². The molecule has 0 saturated heterocycles. The van der Waals surface area contributed by atoms with Crippen molar-refractivity contribution in [3.05, 3.63) is 54.3 Å². The van der Waals surface area contributed by atoms with Gasteiger partial charge in [-0.15, -0.1) is 11.8 Å². The van der Waals surface area contributed by atoms with Crippen molar-refractivity contribution in [1.82, 2.24) is 5.32 Å². The van der Waals surface area contributed by atoms with Gasteiger partial charge in [0.1, 0.15) is 23.9 Å². The number of hydrogen-bond acceptors (Lipinski definition) is 4. The van der Waals surface area contributed by atoms with Crippen LogP contribution in [-0.4, -0.2) is 31.4 Å².